The second kappa shape index (κ2) is 8.53. The topological polar surface area (TPSA) is 53.7 Å². The molecule has 0 aliphatic heterocycles. The van der Waals surface area contributed by atoms with Crippen molar-refractivity contribution in [1.29, 1.82) is 0 Å². The van der Waals surface area contributed by atoms with E-state index in [0.29, 0.717) is 0 Å². The highest BCUT2D eigenvalue weighted by Crippen LogP contribution is 2.14. The number of fused-ring (bicyclic) bond motifs is 1. The predicted molar refractivity (Wildman–Crippen MR) is 103 cm³/mol. The molecule has 0 saturated carbocycles. The van der Waals surface area contributed by atoms with Gasteiger partial charge in [-0.1, -0.05) is 35.9 Å². The van der Waals surface area contributed by atoms with Crippen LogP contribution in [-0.2, 0) is 12.8 Å². The second-order valence-electron chi connectivity index (χ2n) is 5.72. The molecule has 3 aromatic rings. The van der Waals surface area contributed by atoms with E-state index in [2.05, 4.69) is 26.8 Å². The van der Waals surface area contributed by atoms with Crippen LogP contribution >= 0.6 is 11.6 Å². The summed E-state index contributed by atoms with van der Waals surface area (Å²) in [7, 11) is 1.77. The molecule has 0 fully saturated rings. The Labute approximate surface area is 152 Å². The van der Waals surface area contributed by atoms with Crippen molar-refractivity contribution in [1.82, 2.24) is 20.0 Å². The maximum Gasteiger partial charge on any atom is 0.190 e. The Morgan fingerprint density at radius 3 is 2.60 bits per heavy atom. The number of aliphatic imine (C=N–C) groups is 1. The van der Waals surface area contributed by atoms with Crippen LogP contribution in [0.2, 0.25) is 5.02 Å². The summed E-state index contributed by atoms with van der Waals surface area (Å²) < 4.78 is 2.03. The van der Waals surface area contributed by atoms with Gasteiger partial charge in [0.1, 0.15) is 5.65 Å². The average molecular weight is 356 g/mol. The van der Waals surface area contributed by atoms with E-state index in [1.165, 1.54) is 0 Å². The maximum atomic E-state index is 6.18. The maximum absolute atomic E-state index is 6.18. The molecule has 0 unspecified atom stereocenters. The third-order valence-electron chi connectivity index (χ3n) is 3.96. The van der Waals surface area contributed by atoms with Crippen LogP contribution in [-0.4, -0.2) is 35.5 Å². The van der Waals surface area contributed by atoms with Gasteiger partial charge in [-0.15, -0.1) is 0 Å². The third kappa shape index (κ3) is 4.73. The molecule has 2 aromatic heterocycles. The number of nitrogens with one attached hydrogen (secondary N) is 2. The fourth-order valence-electron chi connectivity index (χ4n) is 2.65. The molecule has 5 nitrogen and oxygen atoms in total. The van der Waals surface area contributed by atoms with Crippen LogP contribution < -0.4 is 10.6 Å². The van der Waals surface area contributed by atoms with Crippen molar-refractivity contribution in [2.75, 3.05) is 20.1 Å². The molecule has 0 spiro atoms. The number of hydrogen-bond acceptors (Lipinski definition) is 2. The molecule has 1 aromatic carbocycles. The summed E-state index contributed by atoms with van der Waals surface area (Å²) in [6.45, 7) is 1.55. The number of halogens is 1. The normalized spacial score (nSPS) is 11.7. The van der Waals surface area contributed by atoms with Gasteiger partial charge in [0.2, 0.25) is 0 Å². The van der Waals surface area contributed by atoms with E-state index in [9.17, 15) is 0 Å². The zero-order chi connectivity index (χ0) is 17.5. The molecule has 0 amide bonds. The Bertz CT molecular complexity index is 823. The lowest BCUT2D eigenvalue weighted by atomic mass is 10.1. The zero-order valence-corrected chi connectivity index (χ0v) is 15.0. The monoisotopic (exact) mass is 355 g/mol. The minimum Gasteiger partial charge on any atom is -0.356 e. The highest BCUT2D eigenvalue weighted by Gasteiger charge is 2.03. The Morgan fingerprint density at radius 1 is 1.08 bits per heavy atom. The lowest BCUT2D eigenvalue weighted by molar-refractivity contribution is 0.778. The molecule has 130 valence electrons. The van der Waals surface area contributed by atoms with Gasteiger partial charge in [0.05, 0.1) is 5.69 Å². The molecule has 25 heavy (non-hydrogen) atoms. The van der Waals surface area contributed by atoms with Gasteiger partial charge in [-0.2, -0.15) is 0 Å². The van der Waals surface area contributed by atoms with E-state index in [4.69, 9.17) is 11.6 Å². The molecule has 0 radical (unpaired) electrons. The standard InChI is InChI=1S/C19H22ClN5/c1-21-19(22-11-9-15-6-2-3-7-17(15)20)23-12-10-16-14-25-13-5-4-8-18(25)24-16/h2-8,13-14H,9-12H2,1H3,(H2,21,22,23). The van der Waals surface area contributed by atoms with Crippen molar-refractivity contribution < 1.29 is 0 Å². The van der Waals surface area contributed by atoms with Gasteiger partial charge in [0.25, 0.3) is 0 Å². The quantitative estimate of drug-likeness (QED) is 0.528. The van der Waals surface area contributed by atoms with E-state index in [-0.39, 0.29) is 0 Å². The third-order valence-corrected chi connectivity index (χ3v) is 4.32. The summed E-state index contributed by atoms with van der Waals surface area (Å²) in [6.07, 6.45) is 5.76. The SMILES string of the molecule is CN=C(NCCc1cn2ccccc2n1)NCCc1ccccc1Cl. The molecule has 0 aliphatic rings. The summed E-state index contributed by atoms with van der Waals surface area (Å²) in [4.78, 5) is 8.85. The molecule has 0 atom stereocenters. The van der Waals surface area contributed by atoms with Crippen LogP contribution in [0.4, 0.5) is 0 Å². The smallest absolute Gasteiger partial charge is 0.190 e. The van der Waals surface area contributed by atoms with Crippen LogP contribution in [0.5, 0.6) is 0 Å². The van der Waals surface area contributed by atoms with E-state index < -0.39 is 0 Å². The molecule has 6 heteroatoms. The van der Waals surface area contributed by atoms with Gasteiger partial charge < -0.3 is 15.0 Å². The van der Waals surface area contributed by atoms with Gasteiger partial charge in [0, 0.05) is 44.0 Å². The molecule has 2 N–H and O–H groups in total. The minimum atomic E-state index is 0.773. The number of imidazole rings is 1. The molecular formula is C19H22ClN5. The Morgan fingerprint density at radius 2 is 1.84 bits per heavy atom. The number of nitrogens with zero attached hydrogens (tertiary/aromatic N) is 3. The summed E-state index contributed by atoms with van der Waals surface area (Å²) in [5, 5.41) is 7.44. The van der Waals surface area contributed by atoms with Crippen molar-refractivity contribution >= 4 is 23.2 Å². The van der Waals surface area contributed by atoms with Crippen molar-refractivity contribution in [2.45, 2.75) is 12.8 Å². The van der Waals surface area contributed by atoms with Gasteiger partial charge in [-0.05, 0) is 30.2 Å². The van der Waals surface area contributed by atoms with Crippen LogP contribution in [0.25, 0.3) is 5.65 Å². The summed E-state index contributed by atoms with van der Waals surface area (Å²) >= 11 is 6.18. The number of rotatable bonds is 6. The number of benzene rings is 1. The van der Waals surface area contributed by atoms with Crippen LogP contribution in [0.3, 0.4) is 0 Å². The van der Waals surface area contributed by atoms with E-state index in [1.807, 2.05) is 53.1 Å². The second-order valence-corrected chi connectivity index (χ2v) is 6.12. The van der Waals surface area contributed by atoms with E-state index in [0.717, 1.165) is 53.8 Å². The number of hydrogen-bond donors (Lipinski definition) is 2. The van der Waals surface area contributed by atoms with Gasteiger partial charge >= 0.3 is 0 Å². The first-order valence-corrected chi connectivity index (χ1v) is 8.74. The number of guanidine groups is 1. The van der Waals surface area contributed by atoms with Crippen molar-refractivity contribution in [3.63, 3.8) is 0 Å². The molecule has 0 aliphatic carbocycles. The summed E-state index contributed by atoms with van der Waals surface area (Å²) in [6, 6.07) is 13.9. The van der Waals surface area contributed by atoms with E-state index >= 15 is 0 Å². The molecule has 0 bridgehead atoms. The van der Waals surface area contributed by atoms with Crippen LogP contribution in [0, 0.1) is 0 Å². The number of pyridine rings is 1. The van der Waals surface area contributed by atoms with Crippen molar-refractivity contribution in [2.24, 2.45) is 4.99 Å². The van der Waals surface area contributed by atoms with Gasteiger partial charge in [0.15, 0.2) is 5.96 Å². The van der Waals surface area contributed by atoms with Gasteiger partial charge in [-0.25, -0.2) is 4.98 Å². The lowest BCUT2D eigenvalue weighted by Crippen LogP contribution is -2.39. The first kappa shape index (κ1) is 17.3. The Kier molecular flexibility index (Phi) is 5.90. The van der Waals surface area contributed by atoms with E-state index in [1.54, 1.807) is 7.05 Å². The highest BCUT2D eigenvalue weighted by atomic mass is 35.5. The first-order valence-electron chi connectivity index (χ1n) is 8.37. The van der Waals surface area contributed by atoms with Crippen molar-refractivity contribution in [3.05, 3.63) is 71.1 Å². The molecule has 3 rings (SSSR count). The zero-order valence-electron chi connectivity index (χ0n) is 14.2. The lowest BCUT2D eigenvalue weighted by Gasteiger charge is -2.11. The fraction of sp³-hybridized carbons (Fsp3) is 0.263. The minimum absolute atomic E-state index is 0.773. The highest BCUT2D eigenvalue weighted by molar-refractivity contribution is 6.31. The van der Waals surface area contributed by atoms with Crippen LogP contribution in [0.15, 0.2) is 59.9 Å². The van der Waals surface area contributed by atoms with Gasteiger partial charge in [-0.3, -0.25) is 4.99 Å². The molecular weight excluding hydrogens is 334 g/mol. The predicted octanol–water partition coefficient (Wildman–Crippen LogP) is 2.94. The Balaban J connectivity index is 1.44. The van der Waals surface area contributed by atoms with Crippen molar-refractivity contribution in [3.8, 4) is 0 Å². The Hall–Kier alpha value is -2.53. The first-order chi connectivity index (χ1) is 12.3. The van der Waals surface area contributed by atoms with Crippen LogP contribution in [0.1, 0.15) is 11.3 Å². The summed E-state index contributed by atoms with van der Waals surface area (Å²) in [5.41, 5.74) is 3.17. The molecule has 0 saturated heterocycles. The molecule has 2 heterocycles. The summed E-state index contributed by atoms with van der Waals surface area (Å²) in [5.74, 6) is 0.788. The number of aromatic nitrogens is 2. The largest absolute Gasteiger partial charge is 0.356 e. The average Bonchev–Trinajstić information content (AvgIpc) is 3.04. The fourth-order valence-corrected chi connectivity index (χ4v) is 2.88.